The fraction of sp³-hybridized carbons (Fsp3) is 0.500. The Bertz CT molecular complexity index is 288. The van der Waals surface area contributed by atoms with Crippen LogP contribution in [0.15, 0.2) is 22.8 Å². The Morgan fingerprint density at radius 3 is 3.00 bits per heavy atom. The van der Waals surface area contributed by atoms with Crippen molar-refractivity contribution >= 4 is 0 Å². The first kappa shape index (κ1) is 6.67. The minimum Gasteiger partial charge on any atom is -0.193 e. The van der Waals surface area contributed by atoms with Gasteiger partial charge < -0.3 is 0 Å². The van der Waals surface area contributed by atoms with Crippen LogP contribution in [0, 0.1) is 17.2 Å². The maximum absolute atomic E-state index is 8.69. The molecule has 1 atom stereocenters. The summed E-state index contributed by atoms with van der Waals surface area (Å²) in [5.41, 5.74) is 3.79. The third-order valence-corrected chi connectivity index (χ3v) is 2.72. The molecule has 0 aliphatic heterocycles. The van der Waals surface area contributed by atoms with Crippen molar-refractivity contribution < 1.29 is 0 Å². The Labute approximate surface area is 67.0 Å². The topological polar surface area (TPSA) is 23.8 Å². The normalized spacial score (nSPS) is 31.6. The Morgan fingerprint density at radius 2 is 2.55 bits per heavy atom. The number of hydrogen-bond donors (Lipinski definition) is 0. The molecule has 1 fully saturated rings. The standard InChI is InChI=1S/C10H11N/c1-7(6-11)10-5-8-2-3-9(10)4-8/h5,9H,2-4H2,1H3/b10-7-. The molecule has 2 rings (SSSR count). The molecular weight excluding hydrogens is 134 g/mol. The summed E-state index contributed by atoms with van der Waals surface area (Å²) in [5.74, 6) is 0.699. The molecule has 0 aromatic rings. The average molecular weight is 145 g/mol. The second-order valence-electron chi connectivity index (χ2n) is 3.43. The fourth-order valence-electron chi connectivity index (χ4n) is 2.09. The van der Waals surface area contributed by atoms with E-state index in [0.29, 0.717) is 5.92 Å². The first-order valence-corrected chi connectivity index (χ1v) is 4.11. The minimum atomic E-state index is 0.699. The summed E-state index contributed by atoms with van der Waals surface area (Å²) < 4.78 is 0. The van der Waals surface area contributed by atoms with Crippen LogP contribution >= 0.6 is 0 Å². The van der Waals surface area contributed by atoms with Crippen molar-refractivity contribution in [2.75, 3.05) is 0 Å². The zero-order chi connectivity index (χ0) is 7.84. The van der Waals surface area contributed by atoms with Gasteiger partial charge in [-0.05, 0) is 37.7 Å². The lowest BCUT2D eigenvalue weighted by Crippen LogP contribution is -1.96. The third-order valence-electron chi connectivity index (χ3n) is 2.72. The van der Waals surface area contributed by atoms with Crippen LogP contribution in [0.4, 0.5) is 0 Å². The molecule has 1 saturated carbocycles. The van der Waals surface area contributed by atoms with E-state index in [4.69, 9.17) is 5.26 Å². The van der Waals surface area contributed by atoms with Gasteiger partial charge in [0.25, 0.3) is 0 Å². The highest BCUT2D eigenvalue weighted by atomic mass is 14.3. The predicted molar refractivity (Wildman–Crippen MR) is 43.7 cm³/mol. The first-order chi connectivity index (χ1) is 5.31. The van der Waals surface area contributed by atoms with Crippen molar-refractivity contribution in [2.24, 2.45) is 5.92 Å². The SMILES string of the molecule is C/C(C#N)=C1\C=C2CCC1C2. The van der Waals surface area contributed by atoms with E-state index in [0.717, 1.165) is 5.57 Å². The molecule has 0 spiro atoms. The lowest BCUT2D eigenvalue weighted by molar-refractivity contribution is 0.668. The second-order valence-corrected chi connectivity index (χ2v) is 3.43. The summed E-state index contributed by atoms with van der Waals surface area (Å²) in [6.07, 6.45) is 6.01. The van der Waals surface area contributed by atoms with E-state index < -0.39 is 0 Å². The average Bonchev–Trinajstić information content (AvgIpc) is 2.62. The first-order valence-electron chi connectivity index (χ1n) is 4.11. The van der Waals surface area contributed by atoms with Gasteiger partial charge in [-0.3, -0.25) is 0 Å². The Morgan fingerprint density at radius 1 is 1.73 bits per heavy atom. The van der Waals surface area contributed by atoms with Crippen LogP contribution in [0.2, 0.25) is 0 Å². The molecule has 0 saturated heterocycles. The van der Waals surface area contributed by atoms with Gasteiger partial charge in [0.1, 0.15) is 0 Å². The van der Waals surface area contributed by atoms with E-state index in [1.165, 1.54) is 24.8 Å². The lowest BCUT2D eigenvalue weighted by atomic mass is 9.95. The van der Waals surface area contributed by atoms with E-state index in [-0.39, 0.29) is 0 Å². The van der Waals surface area contributed by atoms with Crippen LogP contribution < -0.4 is 0 Å². The van der Waals surface area contributed by atoms with Gasteiger partial charge in [-0.25, -0.2) is 0 Å². The van der Waals surface area contributed by atoms with Gasteiger partial charge in [-0.1, -0.05) is 11.6 Å². The van der Waals surface area contributed by atoms with Gasteiger partial charge in [0.2, 0.25) is 0 Å². The number of nitrogens with zero attached hydrogens (tertiary/aromatic N) is 1. The van der Waals surface area contributed by atoms with Gasteiger partial charge in [-0.15, -0.1) is 0 Å². The smallest absolute Gasteiger partial charge is 0.0947 e. The Kier molecular flexibility index (Phi) is 1.35. The molecule has 0 radical (unpaired) electrons. The van der Waals surface area contributed by atoms with Gasteiger partial charge >= 0.3 is 0 Å². The van der Waals surface area contributed by atoms with Crippen molar-refractivity contribution in [3.05, 3.63) is 22.8 Å². The number of nitriles is 1. The molecule has 56 valence electrons. The summed E-state index contributed by atoms with van der Waals surface area (Å²) in [7, 11) is 0. The van der Waals surface area contributed by atoms with Crippen LogP contribution in [-0.4, -0.2) is 0 Å². The van der Waals surface area contributed by atoms with E-state index in [9.17, 15) is 0 Å². The van der Waals surface area contributed by atoms with E-state index in [1.807, 2.05) is 6.92 Å². The fourth-order valence-corrected chi connectivity index (χ4v) is 2.09. The summed E-state index contributed by atoms with van der Waals surface area (Å²) in [6.45, 7) is 1.92. The van der Waals surface area contributed by atoms with Crippen LogP contribution in [-0.2, 0) is 0 Å². The largest absolute Gasteiger partial charge is 0.193 e. The molecule has 11 heavy (non-hydrogen) atoms. The number of fused-ring (bicyclic) bond motifs is 2. The molecule has 0 N–H and O–H groups in total. The molecule has 0 heterocycles. The van der Waals surface area contributed by atoms with Crippen LogP contribution in [0.1, 0.15) is 26.2 Å². The molecule has 2 aliphatic rings. The molecular formula is C10H11N. The zero-order valence-corrected chi connectivity index (χ0v) is 6.72. The Hall–Kier alpha value is -1.03. The van der Waals surface area contributed by atoms with E-state index in [2.05, 4.69) is 12.1 Å². The molecule has 1 nitrogen and oxygen atoms in total. The summed E-state index contributed by atoms with van der Waals surface area (Å²) in [6, 6.07) is 2.23. The molecule has 2 bridgehead atoms. The lowest BCUT2D eigenvalue weighted by Gasteiger charge is -2.08. The zero-order valence-electron chi connectivity index (χ0n) is 6.72. The van der Waals surface area contributed by atoms with Crippen LogP contribution in [0.5, 0.6) is 0 Å². The van der Waals surface area contributed by atoms with Crippen molar-refractivity contribution in [1.29, 1.82) is 5.26 Å². The molecule has 0 amide bonds. The molecule has 1 heteroatoms. The number of allylic oxidation sites excluding steroid dienone is 4. The van der Waals surface area contributed by atoms with E-state index in [1.54, 1.807) is 5.57 Å². The van der Waals surface area contributed by atoms with Crippen molar-refractivity contribution in [2.45, 2.75) is 26.2 Å². The quantitative estimate of drug-likeness (QED) is 0.480. The molecule has 2 aliphatic carbocycles. The number of hydrogen-bond acceptors (Lipinski definition) is 1. The van der Waals surface area contributed by atoms with Crippen LogP contribution in [0.3, 0.4) is 0 Å². The van der Waals surface area contributed by atoms with Gasteiger partial charge in [0, 0.05) is 5.57 Å². The van der Waals surface area contributed by atoms with Crippen LogP contribution in [0.25, 0.3) is 0 Å². The highest BCUT2D eigenvalue weighted by Crippen LogP contribution is 2.43. The monoisotopic (exact) mass is 145 g/mol. The Balaban J connectivity index is 2.41. The summed E-state index contributed by atoms with van der Waals surface area (Å²) in [4.78, 5) is 0. The summed E-state index contributed by atoms with van der Waals surface area (Å²) >= 11 is 0. The maximum atomic E-state index is 8.69. The minimum absolute atomic E-state index is 0.699. The predicted octanol–water partition coefficient (Wildman–Crippen LogP) is 2.57. The van der Waals surface area contributed by atoms with Crippen molar-refractivity contribution in [3.8, 4) is 6.07 Å². The van der Waals surface area contributed by atoms with Gasteiger partial charge in [-0.2, -0.15) is 5.26 Å². The third kappa shape index (κ3) is 0.903. The van der Waals surface area contributed by atoms with Gasteiger partial charge in [0.05, 0.1) is 6.07 Å². The highest BCUT2D eigenvalue weighted by Gasteiger charge is 2.29. The van der Waals surface area contributed by atoms with Crippen molar-refractivity contribution in [1.82, 2.24) is 0 Å². The molecule has 0 aromatic carbocycles. The maximum Gasteiger partial charge on any atom is 0.0947 e. The molecule has 0 aromatic heterocycles. The van der Waals surface area contributed by atoms with E-state index >= 15 is 0 Å². The second kappa shape index (κ2) is 2.23. The molecule has 1 unspecified atom stereocenters. The van der Waals surface area contributed by atoms with Gasteiger partial charge in [0.15, 0.2) is 0 Å². The summed E-state index contributed by atoms with van der Waals surface area (Å²) in [5, 5.41) is 8.69. The number of rotatable bonds is 0. The van der Waals surface area contributed by atoms with Crippen molar-refractivity contribution in [3.63, 3.8) is 0 Å². The highest BCUT2D eigenvalue weighted by molar-refractivity contribution is 5.44.